The lowest BCUT2D eigenvalue weighted by Gasteiger charge is -2.12. The summed E-state index contributed by atoms with van der Waals surface area (Å²) >= 11 is 9.83. The van der Waals surface area contributed by atoms with Gasteiger partial charge in [0.05, 0.1) is 8.93 Å². The zero-order chi connectivity index (χ0) is 11.7. The third-order valence-corrected chi connectivity index (χ3v) is 4.39. The molecule has 2 rings (SSSR count). The fourth-order valence-corrected chi connectivity index (χ4v) is 3.06. The van der Waals surface area contributed by atoms with Gasteiger partial charge in [-0.2, -0.15) is 0 Å². The van der Waals surface area contributed by atoms with Gasteiger partial charge in [0.1, 0.15) is 5.82 Å². The number of benzene rings is 1. The highest BCUT2D eigenvalue weighted by Gasteiger charge is 2.14. The summed E-state index contributed by atoms with van der Waals surface area (Å²) in [6.07, 6.45) is 0. The van der Waals surface area contributed by atoms with Crippen LogP contribution in [0.5, 0.6) is 0 Å². The van der Waals surface area contributed by atoms with Crippen LogP contribution in [0.25, 0.3) is 0 Å². The Morgan fingerprint density at radius 2 is 2.12 bits per heavy atom. The maximum atomic E-state index is 13.1. The van der Waals surface area contributed by atoms with Crippen molar-refractivity contribution in [3.63, 3.8) is 0 Å². The first-order valence-electron chi connectivity index (χ1n) is 4.52. The first-order chi connectivity index (χ1) is 7.58. The molecule has 1 atom stereocenters. The second kappa shape index (κ2) is 5.00. The molecule has 0 amide bonds. The van der Waals surface area contributed by atoms with Gasteiger partial charge in [-0.1, -0.05) is 11.6 Å². The normalized spacial score (nSPS) is 12.8. The van der Waals surface area contributed by atoms with Crippen LogP contribution in [0.4, 0.5) is 4.39 Å². The van der Waals surface area contributed by atoms with Crippen molar-refractivity contribution in [1.29, 1.82) is 0 Å². The minimum absolute atomic E-state index is 0.320. The summed E-state index contributed by atoms with van der Waals surface area (Å²) in [5.74, 6) is -0.320. The van der Waals surface area contributed by atoms with Gasteiger partial charge < -0.3 is 5.73 Å². The van der Waals surface area contributed by atoms with Crippen LogP contribution in [0, 0.1) is 8.70 Å². The van der Waals surface area contributed by atoms with Crippen LogP contribution < -0.4 is 5.73 Å². The van der Waals surface area contributed by atoms with Crippen LogP contribution in [0.15, 0.2) is 29.6 Å². The molecule has 0 aliphatic heterocycles. The van der Waals surface area contributed by atoms with Crippen molar-refractivity contribution in [1.82, 2.24) is 0 Å². The van der Waals surface area contributed by atoms with Crippen LogP contribution in [-0.4, -0.2) is 0 Å². The predicted molar refractivity (Wildman–Crippen MR) is 74.5 cm³/mol. The highest BCUT2D eigenvalue weighted by molar-refractivity contribution is 14.1. The van der Waals surface area contributed by atoms with Crippen molar-refractivity contribution < 1.29 is 4.39 Å². The molecule has 0 bridgehead atoms. The zero-order valence-corrected chi connectivity index (χ0v) is 11.8. The Morgan fingerprint density at radius 1 is 1.38 bits per heavy atom. The van der Waals surface area contributed by atoms with Crippen LogP contribution >= 0.6 is 45.5 Å². The molecule has 1 aromatic heterocycles. The molecular weight excluding hydrogens is 360 g/mol. The molecule has 0 fully saturated rings. The second-order valence-electron chi connectivity index (χ2n) is 3.33. The van der Waals surface area contributed by atoms with Crippen LogP contribution in [0.1, 0.15) is 17.2 Å². The SMILES string of the molecule is NC(c1csc(I)c1)c1cc(F)ccc1Cl. The Balaban J connectivity index is 2.40. The van der Waals surface area contributed by atoms with E-state index in [4.69, 9.17) is 17.3 Å². The molecule has 0 spiro atoms. The van der Waals surface area contributed by atoms with Gasteiger partial charge in [-0.15, -0.1) is 11.3 Å². The van der Waals surface area contributed by atoms with Crippen LogP contribution in [0.2, 0.25) is 5.02 Å². The summed E-state index contributed by atoms with van der Waals surface area (Å²) in [7, 11) is 0. The Kier molecular flexibility index (Phi) is 3.84. The van der Waals surface area contributed by atoms with Gasteiger partial charge in [0.15, 0.2) is 0 Å². The number of halogens is 3. The summed E-state index contributed by atoms with van der Waals surface area (Å²) in [5, 5.41) is 2.46. The van der Waals surface area contributed by atoms with E-state index in [1.807, 2.05) is 11.4 Å². The summed E-state index contributed by atoms with van der Waals surface area (Å²) in [4.78, 5) is 0. The Hall–Kier alpha value is -0.170. The first-order valence-corrected chi connectivity index (χ1v) is 6.86. The van der Waals surface area contributed by atoms with Crippen LogP contribution in [-0.2, 0) is 0 Å². The van der Waals surface area contributed by atoms with Gasteiger partial charge in [-0.25, -0.2) is 4.39 Å². The lowest BCUT2D eigenvalue weighted by molar-refractivity contribution is 0.623. The summed E-state index contributed by atoms with van der Waals surface area (Å²) in [5.41, 5.74) is 7.63. The van der Waals surface area contributed by atoms with Crippen molar-refractivity contribution >= 4 is 45.5 Å². The maximum Gasteiger partial charge on any atom is 0.123 e. The van der Waals surface area contributed by atoms with E-state index >= 15 is 0 Å². The smallest absolute Gasteiger partial charge is 0.123 e. The van der Waals surface area contributed by atoms with Gasteiger partial charge in [-0.05, 0) is 63.4 Å². The highest BCUT2D eigenvalue weighted by atomic mass is 127. The lowest BCUT2D eigenvalue weighted by Crippen LogP contribution is -2.11. The molecule has 0 saturated heterocycles. The molecule has 1 heterocycles. The Bertz CT molecular complexity index is 514. The van der Waals surface area contributed by atoms with Gasteiger partial charge in [-0.3, -0.25) is 0 Å². The summed E-state index contributed by atoms with van der Waals surface area (Å²) < 4.78 is 14.3. The van der Waals surface area contributed by atoms with Gasteiger partial charge in [0.25, 0.3) is 0 Å². The number of nitrogens with two attached hydrogens (primary N) is 1. The number of hydrogen-bond donors (Lipinski definition) is 1. The Labute approximate surface area is 116 Å². The molecule has 16 heavy (non-hydrogen) atoms. The third-order valence-electron chi connectivity index (χ3n) is 2.24. The van der Waals surface area contributed by atoms with Gasteiger partial charge in [0, 0.05) is 5.02 Å². The van der Waals surface area contributed by atoms with E-state index in [0.29, 0.717) is 10.6 Å². The number of rotatable bonds is 2. The number of thiophene rings is 1. The second-order valence-corrected chi connectivity index (χ2v) is 6.54. The van der Waals surface area contributed by atoms with Crippen molar-refractivity contribution in [2.45, 2.75) is 6.04 Å². The van der Waals surface area contributed by atoms with E-state index in [2.05, 4.69) is 22.6 Å². The molecule has 2 aromatic rings. The standard InChI is InChI=1S/C11H8ClFINS/c12-9-2-1-7(13)4-8(9)11(15)6-3-10(14)16-5-6/h1-5,11H,15H2. The van der Waals surface area contributed by atoms with Crippen molar-refractivity contribution in [2.75, 3.05) is 0 Å². The van der Waals surface area contributed by atoms with Crippen molar-refractivity contribution in [3.8, 4) is 0 Å². The quantitative estimate of drug-likeness (QED) is 0.791. The van der Waals surface area contributed by atoms with E-state index < -0.39 is 0 Å². The van der Waals surface area contributed by atoms with Crippen molar-refractivity contribution in [3.05, 3.63) is 54.5 Å². The van der Waals surface area contributed by atoms with E-state index in [1.165, 1.54) is 18.2 Å². The average molecular weight is 368 g/mol. The molecule has 84 valence electrons. The van der Waals surface area contributed by atoms with Crippen molar-refractivity contribution in [2.24, 2.45) is 5.73 Å². The third kappa shape index (κ3) is 2.56. The van der Waals surface area contributed by atoms with E-state index in [9.17, 15) is 4.39 Å². The van der Waals surface area contributed by atoms with Gasteiger partial charge >= 0.3 is 0 Å². The predicted octanol–water partition coefficient (Wildman–Crippen LogP) is 4.19. The molecular formula is C11H8ClFINS. The molecule has 2 N–H and O–H groups in total. The highest BCUT2D eigenvalue weighted by Crippen LogP contribution is 2.30. The van der Waals surface area contributed by atoms with E-state index in [0.717, 1.165) is 8.45 Å². The molecule has 0 aliphatic carbocycles. The molecule has 0 saturated carbocycles. The molecule has 0 aliphatic rings. The Morgan fingerprint density at radius 3 is 2.75 bits per heavy atom. The lowest BCUT2D eigenvalue weighted by atomic mass is 10.0. The molecule has 1 aromatic carbocycles. The largest absolute Gasteiger partial charge is 0.320 e. The fraction of sp³-hybridized carbons (Fsp3) is 0.0909. The summed E-state index contributed by atoms with van der Waals surface area (Å²) in [6.45, 7) is 0. The maximum absolute atomic E-state index is 13.1. The average Bonchev–Trinajstić information content (AvgIpc) is 2.67. The topological polar surface area (TPSA) is 26.0 Å². The minimum atomic E-state index is -0.372. The first kappa shape index (κ1) is 12.3. The molecule has 1 nitrogen and oxygen atoms in total. The summed E-state index contributed by atoms with van der Waals surface area (Å²) in [6, 6.07) is 5.86. The zero-order valence-electron chi connectivity index (χ0n) is 8.08. The monoisotopic (exact) mass is 367 g/mol. The minimum Gasteiger partial charge on any atom is -0.320 e. The van der Waals surface area contributed by atoms with E-state index in [-0.39, 0.29) is 11.9 Å². The van der Waals surface area contributed by atoms with Crippen LogP contribution in [0.3, 0.4) is 0 Å². The molecule has 1 unspecified atom stereocenters. The van der Waals surface area contributed by atoms with E-state index in [1.54, 1.807) is 11.3 Å². The molecule has 5 heteroatoms. The molecule has 0 radical (unpaired) electrons. The fourth-order valence-electron chi connectivity index (χ4n) is 1.42. The number of hydrogen-bond acceptors (Lipinski definition) is 2. The van der Waals surface area contributed by atoms with Gasteiger partial charge in [0.2, 0.25) is 0 Å².